The van der Waals surface area contributed by atoms with Gasteiger partial charge in [0.1, 0.15) is 0 Å². The minimum atomic E-state index is 0.263. The van der Waals surface area contributed by atoms with Crippen LogP contribution in [0.25, 0.3) is 0 Å². The highest BCUT2D eigenvalue weighted by Gasteiger charge is 2.23. The highest BCUT2D eigenvalue weighted by molar-refractivity contribution is 7.99. The van der Waals surface area contributed by atoms with Crippen LogP contribution in [0.2, 0.25) is 0 Å². The van der Waals surface area contributed by atoms with Crippen molar-refractivity contribution < 1.29 is 4.52 Å². The lowest BCUT2D eigenvalue weighted by atomic mass is 10.2. The number of nitrogens with zero attached hydrogens (tertiary/aromatic N) is 3. The number of unbranched alkanes of at least 4 members (excludes halogenated alkanes) is 1. The molecular weight excluding hydrogens is 234 g/mol. The van der Waals surface area contributed by atoms with Crippen LogP contribution in [0.1, 0.15) is 44.4 Å². The van der Waals surface area contributed by atoms with Gasteiger partial charge in [0.15, 0.2) is 5.82 Å². The van der Waals surface area contributed by atoms with Gasteiger partial charge < -0.3 is 4.52 Å². The average Bonchev–Trinajstić information content (AvgIpc) is 2.85. The van der Waals surface area contributed by atoms with Gasteiger partial charge >= 0.3 is 0 Å². The predicted molar refractivity (Wildman–Crippen MR) is 70.2 cm³/mol. The monoisotopic (exact) mass is 255 g/mol. The Bertz CT molecular complexity index is 336. The van der Waals surface area contributed by atoms with Crippen molar-refractivity contribution >= 4 is 11.8 Å². The van der Waals surface area contributed by atoms with E-state index in [1.165, 1.54) is 17.9 Å². The van der Waals surface area contributed by atoms with Gasteiger partial charge in [-0.1, -0.05) is 18.5 Å². The molecule has 1 saturated heterocycles. The molecule has 0 unspecified atom stereocenters. The van der Waals surface area contributed by atoms with Crippen LogP contribution in [0.4, 0.5) is 0 Å². The second-order valence-corrected chi connectivity index (χ2v) is 5.70. The molecule has 1 aliphatic heterocycles. The van der Waals surface area contributed by atoms with Gasteiger partial charge in [-0.25, -0.2) is 0 Å². The van der Waals surface area contributed by atoms with Crippen LogP contribution >= 0.6 is 11.8 Å². The molecule has 0 radical (unpaired) electrons. The van der Waals surface area contributed by atoms with E-state index in [0.29, 0.717) is 0 Å². The van der Waals surface area contributed by atoms with Crippen LogP contribution in [-0.4, -0.2) is 39.6 Å². The summed E-state index contributed by atoms with van der Waals surface area (Å²) in [5, 5.41) is 4.05. The van der Waals surface area contributed by atoms with E-state index in [2.05, 4.69) is 28.9 Å². The van der Waals surface area contributed by atoms with E-state index in [1.807, 2.05) is 11.8 Å². The van der Waals surface area contributed by atoms with Crippen molar-refractivity contribution in [1.82, 2.24) is 15.0 Å². The fraction of sp³-hybridized carbons (Fsp3) is 0.833. The maximum absolute atomic E-state index is 5.37. The first-order valence-corrected chi connectivity index (χ1v) is 7.61. The van der Waals surface area contributed by atoms with Crippen molar-refractivity contribution in [2.45, 2.75) is 39.2 Å². The van der Waals surface area contributed by atoms with Crippen molar-refractivity contribution in [2.75, 3.05) is 24.6 Å². The molecule has 0 amide bonds. The fourth-order valence-electron chi connectivity index (χ4n) is 1.99. The van der Waals surface area contributed by atoms with Crippen LogP contribution in [0.5, 0.6) is 0 Å². The first-order valence-electron chi connectivity index (χ1n) is 6.45. The molecule has 2 rings (SSSR count). The lowest BCUT2D eigenvalue weighted by molar-refractivity contribution is 0.189. The molecular formula is C12H21N3OS. The summed E-state index contributed by atoms with van der Waals surface area (Å²) in [6, 6.07) is 0.263. The average molecular weight is 255 g/mol. The largest absolute Gasteiger partial charge is 0.338 e. The Morgan fingerprint density at radius 3 is 2.88 bits per heavy atom. The summed E-state index contributed by atoms with van der Waals surface area (Å²) >= 11 is 2.02. The smallest absolute Gasteiger partial charge is 0.243 e. The Morgan fingerprint density at radius 1 is 1.41 bits per heavy atom. The molecule has 0 saturated carbocycles. The summed E-state index contributed by atoms with van der Waals surface area (Å²) in [4.78, 5) is 6.92. The molecule has 0 aromatic carbocycles. The molecule has 0 bridgehead atoms. The molecule has 1 aromatic heterocycles. The summed E-state index contributed by atoms with van der Waals surface area (Å²) in [5.41, 5.74) is 0. The second kappa shape index (κ2) is 6.40. The number of aryl methyl sites for hydroxylation is 1. The van der Waals surface area contributed by atoms with E-state index in [1.54, 1.807) is 0 Å². The van der Waals surface area contributed by atoms with Crippen molar-refractivity contribution in [3.05, 3.63) is 11.7 Å². The third kappa shape index (κ3) is 3.45. The number of rotatable bonds is 5. The first kappa shape index (κ1) is 12.9. The third-order valence-electron chi connectivity index (χ3n) is 3.19. The number of thioether (sulfide) groups is 1. The Labute approximate surface area is 107 Å². The highest BCUT2D eigenvalue weighted by atomic mass is 32.2. The fourth-order valence-corrected chi connectivity index (χ4v) is 2.93. The van der Waals surface area contributed by atoms with Gasteiger partial charge in [-0.2, -0.15) is 16.7 Å². The topological polar surface area (TPSA) is 42.2 Å². The Hall–Kier alpha value is -0.550. The summed E-state index contributed by atoms with van der Waals surface area (Å²) in [5.74, 6) is 4.06. The van der Waals surface area contributed by atoms with E-state index >= 15 is 0 Å². The molecule has 4 nitrogen and oxygen atoms in total. The molecule has 1 aliphatic rings. The Morgan fingerprint density at radius 2 is 2.18 bits per heavy atom. The van der Waals surface area contributed by atoms with Crippen molar-refractivity contribution in [2.24, 2.45) is 0 Å². The zero-order valence-electron chi connectivity index (χ0n) is 10.7. The standard InChI is InChI=1S/C12H21N3OS/c1-3-4-5-11-13-12(16-14-11)10(2)15-6-8-17-9-7-15/h10H,3-9H2,1-2H3/t10-/m1/s1. The van der Waals surface area contributed by atoms with Crippen molar-refractivity contribution in [3.8, 4) is 0 Å². The maximum atomic E-state index is 5.37. The Balaban J connectivity index is 1.93. The van der Waals surface area contributed by atoms with Crippen LogP contribution < -0.4 is 0 Å². The van der Waals surface area contributed by atoms with Gasteiger partial charge in [0.2, 0.25) is 5.89 Å². The molecule has 0 N–H and O–H groups in total. The van der Waals surface area contributed by atoms with Gasteiger partial charge in [-0.3, -0.25) is 4.90 Å². The van der Waals surface area contributed by atoms with E-state index < -0.39 is 0 Å². The molecule has 2 heterocycles. The molecule has 1 fully saturated rings. The van der Waals surface area contributed by atoms with Crippen LogP contribution in [-0.2, 0) is 6.42 Å². The van der Waals surface area contributed by atoms with E-state index in [0.717, 1.165) is 37.6 Å². The van der Waals surface area contributed by atoms with E-state index in [9.17, 15) is 0 Å². The summed E-state index contributed by atoms with van der Waals surface area (Å²) in [6.07, 6.45) is 3.24. The normalized spacial score (nSPS) is 19.4. The molecule has 96 valence electrons. The van der Waals surface area contributed by atoms with Crippen molar-refractivity contribution in [3.63, 3.8) is 0 Å². The van der Waals surface area contributed by atoms with E-state index in [4.69, 9.17) is 4.52 Å². The molecule has 0 aliphatic carbocycles. The minimum Gasteiger partial charge on any atom is -0.338 e. The third-order valence-corrected chi connectivity index (χ3v) is 4.13. The van der Waals surface area contributed by atoms with Gasteiger partial charge in [0, 0.05) is 31.0 Å². The van der Waals surface area contributed by atoms with Crippen molar-refractivity contribution in [1.29, 1.82) is 0 Å². The summed E-state index contributed by atoms with van der Waals surface area (Å²) in [6.45, 7) is 6.58. The molecule has 0 spiro atoms. The molecule has 17 heavy (non-hydrogen) atoms. The van der Waals surface area contributed by atoms with Gasteiger partial charge in [-0.15, -0.1) is 0 Å². The summed E-state index contributed by atoms with van der Waals surface area (Å²) in [7, 11) is 0. The second-order valence-electron chi connectivity index (χ2n) is 4.48. The lowest BCUT2D eigenvalue weighted by Gasteiger charge is -2.29. The zero-order valence-corrected chi connectivity index (χ0v) is 11.5. The van der Waals surface area contributed by atoms with Gasteiger partial charge in [-0.05, 0) is 13.3 Å². The maximum Gasteiger partial charge on any atom is 0.243 e. The number of hydrogen-bond acceptors (Lipinski definition) is 5. The highest BCUT2D eigenvalue weighted by Crippen LogP contribution is 2.22. The zero-order chi connectivity index (χ0) is 12.1. The molecule has 5 heteroatoms. The lowest BCUT2D eigenvalue weighted by Crippen LogP contribution is -2.34. The molecule has 1 aromatic rings. The van der Waals surface area contributed by atoms with Gasteiger partial charge in [0.05, 0.1) is 6.04 Å². The minimum absolute atomic E-state index is 0.263. The quantitative estimate of drug-likeness (QED) is 0.808. The van der Waals surface area contributed by atoms with Crippen LogP contribution in [0, 0.1) is 0 Å². The number of aromatic nitrogens is 2. The predicted octanol–water partition coefficient (Wildman–Crippen LogP) is 2.52. The first-order chi connectivity index (χ1) is 8.31. The summed E-state index contributed by atoms with van der Waals surface area (Å²) < 4.78 is 5.37. The number of hydrogen-bond donors (Lipinski definition) is 0. The van der Waals surface area contributed by atoms with Crippen LogP contribution in [0.15, 0.2) is 4.52 Å². The Kier molecular flexibility index (Phi) is 4.86. The van der Waals surface area contributed by atoms with E-state index in [-0.39, 0.29) is 6.04 Å². The van der Waals surface area contributed by atoms with Crippen LogP contribution in [0.3, 0.4) is 0 Å². The SMILES string of the molecule is CCCCc1noc([C@@H](C)N2CCSCC2)n1. The van der Waals surface area contributed by atoms with Gasteiger partial charge in [0.25, 0.3) is 0 Å². The molecule has 1 atom stereocenters.